The fourth-order valence-electron chi connectivity index (χ4n) is 2.34. The zero-order valence-electron chi connectivity index (χ0n) is 13.1. The average molecular weight is 326 g/mol. The number of carbonyl (C=O) groups excluding carboxylic acids is 1. The van der Waals surface area contributed by atoms with E-state index in [0.29, 0.717) is 17.9 Å². The second kappa shape index (κ2) is 7.50. The number of nitrogens with zero attached hydrogens (tertiary/aromatic N) is 1. The quantitative estimate of drug-likeness (QED) is 0.631. The Morgan fingerprint density at radius 2 is 1.96 bits per heavy atom. The molecule has 0 fully saturated rings. The zero-order valence-corrected chi connectivity index (χ0v) is 13.1. The normalized spacial score (nSPS) is 12.5. The lowest BCUT2D eigenvalue weighted by Gasteiger charge is -2.02. The minimum absolute atomic E-state index is 0.134. The first-order valence-electron chi connectivity index (χ1n) is 7.70. The molecule has 1 aliphatic rings. The van der Waals surface area contributed by atoms with E-state index in [0.717, 1.165) is 24.0 Å². The number of aryl methyl sites for hydroxylation is 1. The highest BCUT2D eigenvalue weighted by Crippen LogP contribution is 2.31. The molecule has 0 saturated heterocycles. The van der Waals surface area contributed by atoms with Gasteiger partial charge in [-0.2, -0.15) is 5.10 Å². The second-order valence-corrected chi connectivity index (χ2v) is 5.43. The predicted molar refractivity (Wildman–Crippen MR) is 89.3 cm³/mol. The number of benzene rings is 2. The van der Waals surface area contributed by atoms with E-state index in [1.165, 1.54) is 0 Å². The topological polar surface area (TPSA) is 80.2 Å². The molecule has 1 aliphatic heterocycles. The van der Waals surface area contributed by atoms with Gasteiger partial charge in [0.1, 0.15) is 5.75 Å². The number of hydrogen-bond donors (Lipinski definition) is 2. The lowest BCUT2D eigenvalue weighted by atomic mass is 10.1. The number of phenols is 1. The number of aromatic hydroxyl groups is 1. The summed E-state index contributed by atoms with van der Waals surface area (Å²) >= 11 is 0. The molecule has 0 radical (unpaired) electrons. The molecule has 0 aromatic heterocycles. The summed E-state index contributed by atoms with van der Waals surface area (Å²) in [5, 5.41) is 13.2. The second-order valence-electron chi connectivity index (χ2n) is 5.43. The summed E-state index contributed by atoms with van der Waals surface area (Å²) in [5.41, 5.74) is 4.42. The number of hydrogen-bond acceptors (Lipinski definition) is 5. The van der Waals surface area contributed by atoms with E-state index in [1.54, 1.807) is 18.3 Å². The molecule has 1 amide bonds. The Morgan fingerprint density at radius 3 is 2.79 bits per heavy atom. The van der Waals surface area contributed by atoms with Gasteiger partial charge < -0.3 is 14.6 Å². The number of rotatable bonds is 6. The summed E-state index contributed by atoms with van der Waals surface area (Å²) in [6.07, 6.45) is 3.45. The Balaban J connectivity index is 1.41. The molecular weight excluding hydrogens is 308 g/mol. The third-order valence-electron chi connectivity index (χ3n) is 3.61. The van der Waals surface area contributed by atoms with Gasteiger partial charge in [-0.1, -0.05) is 12.1 Å². The van der Waals surface area contributed by atoms with Crippen molar-refractivity contribution in [1.82, 2.24) is 5.43 Å². The van der Waals surface area contributed by atoms with E-state index in [1.807, 2.05) is 30.3 Å². The highest BCUT2D eigenvalue weighted by atomic mass is 16.7. The summed E-state index contributed by atoms with van der Waals surface area (Å²) in [6, 6.07) is 12.5. The molecule has 0 aliphatic carbocycles. The Kier molecular flexibility index (Phi) is 4.96. The van der Waals surface area contributed by atoms with Gasteiger partial charge in [0.15, 0.2) is 11.5 Å². The smallest absolute Gasteiger partial charge is 0.240 e. The largest absolute Gasteiger partial charge is 0.508 e. The molecule has 0 unspecified atom stereocenters. The van der Waals surface area contributed by atoms with Gasteiger partial charge >= 0.3 is 0 Å². The number of nitrogens with one attached hydrogen (secondary N) is 1. The highest BCUT2D eigenvalue weighted by molar-refractivity contribution is 5.83. The van der Waals surface area contributed by atoms with Crippen molar-refractivity contribution in [3.05, 3.63) is 53.6 Å². The zero-order chi connectivity index (χ0) is 16.8. The van der Waals surface area contributed by atoms with Crippen LogP contribution >= 0.6 is 0 Å². The van der Waals surface area contributed by atoms with Crippen molar-refractivity contribution < 1.29 is 19.4 Å². The van der Waals surface area contributed by atoms with Crippen molar-refractivity contribution in [2.24, 2.45) is 5.10 Å². The number of carbonyl (C=O) groups is 1. The van der Waals surface area contributed by atoms with Crippen molar-refractivity contribution in [2.75, 3.05) is 6.79 Å². The van der Waals surface area contributed by atoms with Crippen LogP contribution in [0.5, 0.6) is 17.2 Å². The van der Waals surface area contributed by atoms with E-state index >= 15 is 0 Å². The molecular formula is C18H18N2O4. The molecule has 3 rings (SSSR count). The maximum atomic E-state index is 11.8. The first kappa shape index (κ1) is 15.9. The van der Waals surface area contributed by atoms with Crippen LogP contribution in [0.15, 0.2) is 47.6 Å². The SMILES string of the molecule is O=C(CCCc1ccc(O)cc1)N/N=C\c1ccc2c(c1)OCO2. The fraction of sp³-hybridized carbons (Fsp3) is 0.222. The van der Waals surface area contributed by atoms with Crippen LogP contribution in [-0.4, -0.2) is 24.0 Å². The molecule has 6 heteroatoms. The van der Waals surface area contributed by atoms with Gasteiger partial charge in [0.05, 0.1) is 6.21 Å². The van der Waals surface area contributed by atoms with Crippen LogP contribution in [0.4, 0.5) is 0 Å². The molecule has 2 N–H and O–H groups in total. The molecule has 24 heavy (non-hydrogen) atoms. The molecule has 1 heterocycles. The Labute approximate surface area is 139 Å². The van der Waals surface area contributed by atoms with Gasteiger partial charge in [-0.25, -0.2) is 5.43 Å². The summed E-state index contributed by atoms with van der Waals surface area (Å²) < 4.78 is 10.5. The summed E-state index contributed by atoms with van der Waals surface area (Å²) in [6.45, 7) is 0.230. The van der Waals surface area contributed by atoms with Crippen LogP contribution in [0, 0.1) is 0 Å². The predicted octanol–water partition coefficient (Wildman–Crippen LogP) is 2.59. The van der Waals surface area contributed by atoms with E-state index < -0.39 is 0 Å². The van der Waals surface area contributed by atoms with Crippen LogP contribution in [-0.2, 0) is 11.2 Å². The van der Waals surface area contributed by atoms with Crippen LogP contribution in [0.2, 0.25) is 0 Å². The first-order chi connectivity index (χ1) is 11.7. The molecule has 6 nitrogen and oxygen atoms in total. The monoisotopic (exact) mass is 326 g/mol. The summed E-state index contributed by atoms with van der Waals surface area (Å²) in [5.74, 6) is 1.50. The highest BCUT2D eigenvalue weighted by Gasteiger charge is 2.12. The number of amides is 1. The average Bonchev–Trinajstić information content (AvgIpc) is 3.04. The van der Waals surface area contributed by atoms with Crippen molar-refractivity contribution in [2.45, 2.75) is 19.3 Å². The standard InChI is InChI=1S/C18H18N2O4/c21-15-7-4-13(5-8-15)2-1-3-18(22)20-19-11-14-6-9-16-17(10-14)24-12-23-16/h4-11,21H,1-3,12H2,(H,20,22)/b19-11-. The summed E-state index contributed by atoms with van der Waals surface area (Å²) in [4.78, 5) is 11.8. The lowest BCUT2D eigenvalue weighted by molar-refractivity contribution is -0.121. The third kappa shape index (κ3) is 4.25. The molecule has 2 aromatic carbocycles. The van der Waals surface area contributed by atoms with Gasteiger partial charge in [0.2, 0.25) is 12.7 Å². The van der Waals surface area contributed by atoms with Crippen LogP contribution in [0.1, 0.15) is 24.0 Å². The van der Waals surface area contributed by atoms with Gasteiger partial charge in [0.25, 0.3) is 0 Å². The minimum atomic E-state index is -0.134. The van der Waals surface area contributed by atoms with Gasteiger partial charge in [-0.3, -0.25) is 4.79 Å². The molecule has 0 atom stereocenters. The molecule has 124 valence electrons. The maximum absolute atomic E-state index is 11.8. The lowest BCUT2D eigenvalue weighted by Crippen LogP contribution is -2.17. The van der Waals surface area contributed by atoms with Crippen molar-refractivity contribution >= 4 is 12.1 Å². The minimum Gasteiger partial charge on any atom is -0.508 e. The number of fused-ring (bicyclic) bond motifs is 1. The molecule has 0 saturated carbocycles. The van der Waals surface area contributed by atoms with Crippen LogP contribution < -0.4 is 14.9 Å². The van der Waals surface area contributed by atoms with Gasteiger partial charge in [-0.15, -0.1) is 0 Å². The Hall–Kier alpha value is -3.02. The van der Waals surface area contributed by atoms with Gasteiger partial charge in [-0.05, 0) is 54.3 Å². The van der Waals surface area contributed by atoms with Crippen molar-refractivity contribution in [1.29, 1.82) is 0 Å². The van der Waals surface area contributed by atoms with E-state index in [9.17, 15) is 9.90 Å². The van der Waals surface area contributed by atoms with Crippen molar-refractivity contribution in [3.8, 4) is 17.2 Å². The van der Waals surface area contributed by atoms with E-state index in [-0.39, 0.29) is 18.4 Å². The molecule has 2 aromatic rings. The fourth-order valence-corrected chi connectivity index (χ4v) is 2.34. The number of hydrazone groups is 1. The number of phenolic OH excluding ortho intramolecular Hbond substituents is 1. The Bertz CT molecular complexity index is 741. The van der Waals surface area contributed by atoms with E-state index in [2.05, 4.69) is 10.5 Å². The maximum Gasteiger partial charge on any atom is 0.240 e. The first-order valence-corrected chi connectivity index (χ1v) is 7.70. The third-order valence-corrected chi connectivity index (χ3v) is 3.61. The van der Waals surface area contributed by atoms with Crippen molar-refractivity contribution in [3.63, 3.8) is 0 Å². The van der Waals surface area contributed by atoms with Crippen LogP contribution in [0.3, 0.4) is 0 Å². The van der Waals surface area contributed by atoms with Crippen LogP contribution in [0.25, 0.3) is 0 Å². The molecule has 0 spiro atoms. The summed E-state index contributed by atoms with van der Waals surface area (Å²) in [7, 11) is 0. The Morgan fingerprint density at radius 1 is 1.17 bits per heavy atom. The van der Waals surface area contributed by atoms with Gasteiger partial charge in [0, 0.05) is 6.42 Å². The molecule has 0 bridgehead atoms. The van der Waals surface area contributed by atoms with E-state index in [4.69, 9.17) is 9.47 Å². The number of ether oxygens (including phenoxy) is 2.